The number of rotatable bonds is 7. The highest BCUT2D eigenvalue weighted by atomic mass is 16.5. The van der Waals surface area contributed by atoms with Crippen LogP contribution in [0.5, 0.6) is 5.75 Å². The summed E-state index contributed by atoms with van der Waals surface area (Å²) < 4.78 is 11.4. The van der Waals surface area contributed by atoms with Crippen LogP contribution in [0, 0.1) is 20.8 Å². The molecule has 1 saturated heterocycles. The summed E-state index contributed by atoms with van der Waals surface area (Å²) in [6, 6.07) is 11.1. The Labute approximate surface area is 171 Å². The summed E-state index contributed by atoms with van der Waals surface area (Å²) >= 11 is 0. The summed E-state index contributed by atoms with van der Waals surface area (Å²) in [6.45, 7) is 6.98. The quantitative estimate of drug-likeness (QED) is 0.751. The Hall–Kier alpha value is -2.86. The first-order valence-corrected chi connectivity index (χ1v) is 9.93. The van der Waals surface area contributed by atoms with Gasteiger partial charge in [0.15, 0.2) is 0 Å². The van der Waals surface area contributed by atoms with Crippen LogP contribution in [-0.4, -0.2) is 37.7 Å². The van der Waals surface area contributed by atoms with Crippen molar-refractivity contribution in [2.45, 2.75) is 39.7 Å². The smallest absolute Gasteiger partial charge is 0.255 e. The molecule has 6 nitrogen and oxygen atoms in total. The Kier molecular flexibility index (Phi) is 6.88. The van der Waals surface area contributed by atoms with Gasteiger partial charge in [0.05, 0.1) is 18.2 Å². The lowest BCUT2D eigenvalue weighted by Crippen LogP contribution is -2.33. The minimum atomic E-state index is -0.347. The molecule has 6 heteroatoms. The third-order valence-electron chi connectivity index (χ3n) is 4.93. The number of amides is 2. The lowest BCUT2D eigenvalue weighted by molar-refractivity contribution is -0.115. The molecule has 2 aromatic carbocycles. The molecule has 1 aliphatic heterocycles. The number of carbonyl (C=O) groups is 2. The van der Waals surface area contributed by atoms with E-state index < -0.39 is 0 Å². The zero-order valence-corrected chi connectivity index (χ0v) is 17.2. The molecule has 29 heavy (non-hydrogen) atoms. The van der Waals surface area contributed by atoms with Crippen LogP contribution in [0.3, 0.4) is 0 Å². The number of aryl methyl sites for hydroxylation is 3. The maximum atomic E-state index is 12.6. The van der Waals surface area contributed by atoms with E-state index in [9.17, 15) is 9.59 Å². The highest BCUT2D eigenvalue weighted by Gasteiger charge is 2.19. The first-order chi connectivity index (χ1) is 13.9. The number of ether oxygens (including phenoxy) is 2. The van der Waals surface area contributed by atoms with Gasteiger partial charge >= 0.3 is 0 Å². The Morgan fingerprint density at radius 3 is 2.55 bits per heavy atom. The van der Waals surface area contributed by atoms with E-state index in [-0.39, 0.29) is 24.5 Å². The fraction of sp³-hybridized carbons (Fsp3) is 0.391. The molecule has 154 valence electrons. The maximum Gasteiger partial charge on any atom is 0.255 e. The van der Waals surface area contributed by atoms with E-state index in [1.807, 2.05) is 39.0 Å². The van der Waals surface area contributed by atoms with Gasteiger partial charge in [-0.15, -0.1) is 0 Å². The lowest BCUT2D eigenvalue weighted by Gasteiger charge is -2.15. The number of nitrogens with one attached hydrogen (secondary N) is 2. The van der Waals surface area contributed by atoms with Crippen LogP contribution in [0.15, 0.2) is 36.4 Å². The fourth-order valence-electron chi connectivity index (χ4n) is 3.56. The molecule has 1 aliphatic rings. The van der Waals surface area contributed by atoms with E-state index in [2.05, 4.69) is 10.6 Å². The molecule has 1 atom stereocenters. The lowest BCUT2D eigenvalue weighted by atomic mass is 10.1. The van der Waals surface area contributed by atoms with Crippen molar-refractivity contribution >= 4 is 17.5 Å². The van der Waals surface area contributed by atoms with Gasteiger partial charge in [0.25, 0.3) is 5.91 Å². The van der Waals surface area contributed by atoms with Gasteiger partial charge in [0, 0.05) is 12.3 Å². The van der Waals surface area contributed by atoms with Crippen LogP contribution in [0.4, 0.5) is 5.69 Å². The van der Waals surface area contributed by atoms with Crippen LogP contribution < -0.4 is 15.4 Å². The molecule has 1 unspecified atom stereocenters. The van der Waals surface area contributed by atoms with Gasteiger partial charge in [-0.05, 0) is 56.9 Å². The number of anilines is 1. The van der Waals surface area contributed by atoms with E-state index in [1.165, 1.54) is 0 Å². The van der Waals surface area contributed by atoms with Crippen LogP contribution >= 0.6 is 0 Å². The van der Waals surface area contributed by atoms with Crippen molar-refractivity contribution in [3.63, 3.8) is 0 Å². The number of para-hydroxylation sites is 1. The third-order valence-corrected chi connectivity index (χ3v) is 4.93. The molecule has 2 aromatic rings. The van der Waals surface area contributed by atoms with Crippen LogP contribution in [-0.2, 0) is 9.53 Å². The predicted octanol–water partition coefficient (Wildman–Crippen LogP) is 3.54. The predicted molar refractivity (Wildman–Crippen MR) is 113 cm³/mol. The van der Waals surface area contributed by atoms with E-state index >= 15 is 0 Å². The molecule has 1 heterocycles. The molecule has 0 aliphatic carbocycles. The van der Waals surface area contributed by atoms with Crippen LogP contribution in [0.2, 0.25) is 0 Å². The van der Waals surface area contributed by atoms with Crippen molar-refractivity contribution in [3.05, 3.63) is 58.7 Å². The van der Waals surface area contributed by atoms with Crippen molar-refractivity contribution in [3.8, 4) is 5.75 Å². The van der Waals surface area contributed by atoms with Gasteiger partial charge in [0.2, 0.25) is 5.91 Å². The molecule has 2 amide bonds. The van der Waals surface area contributed by atoms with Gasteiger partial charge in [-0.2, -0.15) is 0 Å². The topological polar surface area (TPSA) is 76.7 Å². The van der Waals surface area contributed by atoms with Gasteiger partial charge in [-0.3, -0.25) is 9.59 Å². The second-order valence-corrected chi connectivity index (χ2v) is 7.45. The molecule has 0 saturated carbocycles. The van der Waals surface area contributed by atoms with Gasteiger partial charge in [-0.1, -0.05) is 29.8 Å². The number of hydrogen-bond acceptors (Lipinski definition) is 4. The van der Waals surface area contributed by atoms with Gasteiger partial charge < -0.3 is 20.1 Å². The molecular formula is C23H28N2O4. The van der Waals surface area contributed by atoms with Crippen molar-refractivity contribution < 1.29 is 19.1 Å². The Bertz CT molecular complexity index is 865. The highest BCUT2D eigenvalue weighted by molar-refractivity contribution is 6.01. The van der Waals surface area contributed by atoms with Gasteiger partial charge in [0.1, 0.15) is 12.4 Å². The number of benzene rings is 2. The number of carbonyl (C=O) groups excluding carboxylic acids is 2. The van der Waals surface area contributed by atoms with Gasteiger partial charge in [-0.25, -0.2) is 0 Å². The van der Waals surface area contributed by atoms with E-state index in [0.29, 0.717) is 17.9 Å². The minimum absolute atomic E-state index is 0.0675. The molecule has 1 fully saturated rings. The third kappa shape index (κ3) is 5.57. The molecule has 0 aromatic heterocycles. The summed E-state index contributed by atoms with van der Waals surface area (Å²) in [5.41, 5.74) is 4.33. The van der Waals surface area contributed by atoms with Crippen molar-refractivity contribution in [1.29, 1.82) is 0 Å². The average Bonchev–Trinajstić information content (AvgIpc) is 3.21. The minimum Gasteiger partial charge on any atom is -0.490 e. The monoisotopic (exact) mass is 396 g/mol. The van der Waals surface area contributed by atoms with Crippen LogP contribution in [0.1, 0.15) is 39.9 Å². The number of hydrogen-bond donors (Lipinski definition) is 2. The molecule has 0 bridgehead atoms. The Balaban J connectivity index is 1.57. The second-order valence-electron chi connectivity index (χ2n) is 7.45. The fourth-order valence-corrected chi connectivity index (χ4v) is 3.56. The SMILES string of the molecule is Cc1cc(C)c(NC(=O)CNC(=O)c2ccccc2OCC2CCCO2)c(C)c1. The summed E-state index contributed by atoms with van der Waals surface area (Å²) in [7, 11) is 0. The maximum absolute atomic E-state index is 12.6. The first-order valence-electron chi connectivity index (χ1n) is 9.93. The van der Waals surface area contributed by atoms with Crippen molar-refractivity contribution in [1.82, 2.24) is 5.32 Å². The molecule has 0 spiro atoms. The molecular weight excluding hydrogens is 368 g/mol. The summed E-state index contributed by atoms with van der Waals surface area (Å²) in [5.74, 6) is -0.127. The standard InChI is InChI=1S/C23H28N2O4/c1-15-11-16(2)22(17(3)12-15)25-21(26)13-24-23(27)19-8-4-5-9-20(19)29-14-18-7-6-10-28-18/h4-5,8-9,11-12,18H,6-7,10,13-14H2,1-3H3,(H,24,27)(H,25,26). The summed E-state index contributed by atoms with van der Waals surface area (Å²) in [6.07, 6.45) is 2.07. The second kappa shape index (κ2) is 9.56. The molecule has 3 rings (SSSR count). The van der Waals surface area contributed by atoms with Crippen molar-refractivity contribution in [2.75, 3.05) is 25.1 Å². The zero-order chi connectivity index (χ0) is 20.8. The summed E-state index contributed by atoms with van der Waals surface area (Å²) in [4.78, 5) is 24.9. The molecule has 2 N–H and O–H groups in total. The summed E-state index contributed by atoms with van der Waals surface area (Å²) in [5, 5.41) is 5.56. The van der Waals surface area contributed by atoms with E-state index in [1.54, 1.807) is 18.2 Å². The average molecular weight is 396 g/mol. The van der Waals surface area contributed by atoms with E-state index in [4.69, 9.17) is 9.47 Å². The zero-order valence-electron chi connectivity index (χ0n) is 17.2. The normalized spacial score (nSPS) is 15.8. The van der Waals surface area contributed by atoms with Crippen LogP contribution in [0.25, 0.3) is 0 Å². The largest absolute Gasteiger partial charge is 0.490 e. The first kappa shape index (κ1) is 20.9. The van der Waals surface area contributed by atoms with Crippen molar-refractivity contribution in [2.24, 2.45) is 0 Å². The highest BCUT2D eigenvalue weighted by Crippen LogP contribution is 2.22. The Morgan fingerprint density at radius 2 is 1.86 bits per heavy atom. The Morgan fingerprint density at radius 1 is 1.14 bits per heavy atom. The van der Waals surface area contributed by atoms with E-state index in [0.717, 1.165) is 41.8 Å². The molecule has 0 radical (unpaired) electrons.